The molecule has 0 bridgehead atoms. The smallest absolute Gasteiger partial charge is 0.323 e. The Morgan fingerprint density at radius 2 is 2.27 bits per heavy atom. The molecule has 0 radical (unpaired) electrons. The van der Waals surface area contributed by atoms with Crippen molar-refractivity contribution in [3.05, 3.63) is 0 Å². The second-order valence-corrected chi connectivity index (χ2v) is 5.25. The fourth-order valence-electron chi connectivity index (χ4n) is 2.86. The molecule has 15 heavy (non-hydrogen) atoms. The van der Waals surface area contributed by atoms with E-state index in [4.69, 9.17) is 10.8 Å². The van der Waals surface area contributed by atoms with Crippen LogP contribution in [0.5, 0.6) is 0 Å². The first-order valence-corrected chi connectivity index (χ1v) is 5.77. The summed E-state index contributed by atoms with van der Waals surface area (Å²) in [6, 6.07) is 0.399. The largest absolute Gasteiger partial charge is 0.480 e. The number of aliphatic carboxylic acids is 1. The van der Waals surface area contributed by atoms with Gasteiger partial charge in [-0.15, -0.1) is 0 Å². The first kappa shape index (κ1) is 10.9. The summed E-state index contributed by atoms with van der Waals surface area (Å²) < 4.78 is 0. The third-order valence-electron chi connectivity index (χ3n) is 3.92. The highest BCUT2D eigenvalue weighted by Gasteiger charge is 2.44. The Hall–Kier alpha value is -0.610. The van der Waals surface area contributed by atoms with Gasteiger partial charge in [-0.2, -0.15) is 0 Å². The molecule has 1 aliphatic heterocycles. The summed E-state index contributed by atoms with van der Waals surface area (Å²) in [4.78, 5) is 13.4. The second-order valence-electron chi connectivity index (χ2n) is 5.25. The van der Waals surface area contributed by atoms with Crippen molar-refractivity contribution in [1.29, 1.82) is 0 Å². The maximum atomic E-state index is 11.0. The molecule has 2 rings (SSSR count). The van der Waals surface area contributed by atoms with Crippen LogP contribution in [0, 0.1) is 5.92 Å². The first-order chi connectivity index (χ1) is 7.01. The summed E-state index contributed by atoms with van der Waals surface area (Å²) in [5.41, 5.74) is 4.91. The molecule has 3 atom stereocenters. The lowest BCUT2D eigenvalue weighted by molar-refractivity contribution is -0.143. The normalized spacial score (nSPS) is 42.3. The number of hydrogen-bond acceptors (Lipinski definition) is 3. The predicted octanol–water partition coefficient (Wildman–Crippen LogP) is 0.663. The summed E-state index contributed by atoms with van der Waals surface area (Å²) in [5.74, 6) is -0.0835. The number of rotatable bonds is 2. The molecule has 0 aromatic rings. The van der Waals surface area contributed by atoms with Crippen molar-refractivity contribution >= 4 is 5.97 Å². The Morgan fingerprint density at radius 3 is 2.73 bits per heavy atom. The van der Waals surface area contributed by atoms with Crippen molar-refractivity contribution < 1.29 is 9.90 Å². The van der Waals surface area contributed by atoms with E-state index in [0.717, 1.165) is 25.4 Å². The van der Waals surface area contributed by atoms with E-state index >= 15 is 0 Å². The van der Waals surface area contributed by atoms with Gasteiger partial charge in [-0.1, -0.05) is 6.92 Å². The topological polar surface area (TPSA) is 66.6 Å². The molecule has 0 aromatic carbocycles. The summed E-state index contributed by atoms with van der Waals surface area (Å²) in [6.45, 7) is 4.48. The van der Waals surface area contributed by atoms with Crippen molar-refractivity contribution in [2.75, 3.05) is 13.1 Å². The average Bonchev–Trinajstić information content (AvgIpc) is 2.73. The van der Waals surface area contributed by atoms with Crippen molar-refractivity contribution in [2.24, 2.45) is 11.7 Å². The van der Waals surface area contributed by atoms with E-state index in [1.807, 2.05) is 0 Å². The molecule has 1 saturated carbocycles. The second kappa shape index (κ2) is 3.76. The highest BCUT2D eigenvalue weighted by atomic mass is 16.4. The maximum Gasteiger partial charge on any atom is 0.323 e. The van der Waals surface area contributed by atoms with E-state index in [1.54, 1.807) is 0 Å². The summed E-state index contributed by atoms with van der Waals surface area (Å²) in [5, 5.41) is 9.04. The van der Waals surface area contributed by atoms with Gasteiger partial charge >= 0.3 is 5.97 Å². The van der Waals surface area contributed by atoms with E-state index in [1.165, 1.54) is 6.42 Å². The van der Waals surface area contributed by atoms with Crippen LogP contribution in [0.15, 0.2) is 0 Å². The molecule has 0 amide bonds. The summed E-state index contributed by atoms with van der Waals surface area (Å²) >= 11 is 0. The number of carboxylic acid groups (broad SMARTS) is 1. The third kappa shape index (κ3) is 2.01. The molecule has 4 heteroatoms. The monoisotopic (exact) mass is 212 g/mol. The van der Waals surface area contributed by atoms with Crippen LogP contribution in [-0.4, -0.2) is 40.6 Å². The van der Waals surface area contributed by atoms with Crippen LogP contribution in [0.4, 0.5) is 0 Å². The zero-order chi connectivity index (χ0) is 11.1. The standard InChI is InChI=1S/C11H20N2O2/c1-8-3-5-13(7-8)9-2-4-11(12,6-9)10(14)15/h8-9H,2-7,12H2,1H3,(H,14,15). The molecule has 3 N–H and O–H groups in total. The molecule has 3 unspecified atom stereocenters. The van der Waals surface area contributed by atoms with Crippen LogP contribution in [0.2, 0.25) is 0 Å². The Kier molecular flexibility index (Phi) is 2.73. The third-order valence-corrected chi connectivity index (χ3v) is 3.92. The van der Waals surface area contributed by atoms with Gasteiger partial charge in [0.1, 0.15) is 5.54 Å². The minimum Gasteiger partial charge on any atom is -0.480 e. The number of carboxylic acids is 1. The van der Waals surface area contributed by atoms with Gasteiger partial charge in [-0.05, 0) is 38.1 Å². The molecule has 0 spiro atoms. The minimum atomic E-state index is -0.962. The lowest BCUT2D eigenvalue weighted by atomic mass is 9.99. The molecular formula is C11H20N2O2. The number of nitrogens with two attached hydrogens (primary N) is 1. The summed E-state index contributed by atoms with van der Waals surface area (Å²) in [6.07, 6.45) is 3.42. The van der Waals surface area contributed by atoms with Gasteiger partial charge in [0.05, 0.1) is 0 Å². The maximum absolute atomic E-state index is 11.0. The Labute approximate surface area is 90.4 Å². The first-order valence-electron chi connectivity index (χ1n) is 5.77. The van der Waals surface area contributed by atoms with Crippen LogP contribution < -0.4 is 5.73 Å². The van der Waals surface area contributed by atoms with Crippen LogP contribution >= 0.6 is 0 Å². The number of carbonyl (C=O) groups is 1. The van der Waals surface area contributed by atoms with Crippen molar-refractivity contribution in [3.8, 4) is 0 Å². The van der Waals surface area contributed by atoms with Crippen molar-refractivity contribution in [2.45, 2.75) is 44.2 Å². The fourth-order valence-corrected chi connectivity index (χ4v) is 2.86. The Balaban J connectivity index is 1.95. The van der Waals surface area contributed by atoms with Crippen LogP contribution in [0.3, 0.4) is 0 Å². The molecule has 86 valence electrons. The predicted molar refractivity (Wildman–Crippen MR) is 57.5 cm³/mol. The zero-order valence-electron chi connectivity index (χ0n) is 9.28. The molecule has 4 nitrogen and oxygen atoms in total. The van der Waals surface area contributed by atoms with Gasteiger partial charge in [0.25, 0.3) is 0 Å². The van der Waals surface area contributed by atoms with E-state index in [9.17, 15) is 4.79 Å². The lowest BCUT2D eigenvalue weighted by Crippen LogP contribution is -2.47. The Bertz CT molecular complexity index is 269. The van der Waals surface area contributed by atoms with Crippen LogP contribution in [-0.2, 0) is 4.79 Å². The molecule has 0 aromatic heterocycles. The van der Waals surface area contributed by atoms with Gasteiger partial charge < -0.3 is 15.7 Å². The number of nitrogens with zero attached hydrogens (tertiary/aromatic N) is 1. The quantitative estimate of drug-likeness (QED) is 0.705. The number of likely N-dealkylation sites (tertiary alicyclic amines) is 1. The zero-order valence-corrected chi connectivity index (χ0v) is 9.28. The molecule has 2 fully saturated rings. The molecule has 1 saturated heterocycles. The van der Waals surface area contributed by atoms with E-state index < -0.39 is 11.5 Å². The molecule has 1 aliphatic carbocycles. The minimum absolute atomic E-state index is 0.399. The average molecular weight is 212 g/mol. The van der Waals surface area contributed by atoms with Crippen LogP contribution in [0.25, 0.3) is 0 Å². The van der Waals surface area contributed by atoms with Gasteiger partial charge in [0.15, 0.2) is 0 Å². The van der Waals surface area contributed by atoms with Crippen molar-refractivity contribution in [3.63, 3.8) is 0 Å². The SMILES string of the molecule is CC1CCN(C2CCC(N)(C(=O)O)C2)C1. The van der Waals surface area contributed by atoms with Gasteiger partial charge in [-0.25, -0.2) is 0 Å². The lowest BCUT2D eigenvalue weighted by Gasteiger charge is -2.25. The van der Waals surface area contributed by atoms with Gasteiger partial charge in [-0.3, -0.25) is 4.79 Å². The number of hydrogen-bond donors (Lipinski definition) is 2. The van der Waals surface area contributed by atoms with Gasteiger partial charge in [0.2, 0.25) is 0 Å². The Morgan fingerprint density at radius 1 is 1.53 bits per heavy atom. The van der Waals surface area contributed by atoms with E-state index in [0.29, 0.717) is 18.9 Å². The van der Waals surface area contributed by atoms with Crippen molar-refractivity contribution in [1.82, 2.24) is 4.90 Å². The molecular weight excluding hydrogens is 192 g/mol. The van der Waals surface area contributed by atoms with E-state index in [2.05, 4.69) is 11.8 Å². The van der Waals surface area contributed by atoms with E-state index in [-0.39, 0.29) is 0 Å². The van der Waals surface area contributed by atoms with Gasteiger partial charge in [0, 0.05) is 12.6 Å². The molecule has 2 aliphatic rings. The fraction of sp³-hybridized carbons (Fsp3) is 0.909. The van der Waals surface area contributed by atoms with Crippen LogP contribution in [0.1, 0.15) is 32.6 Å². The molecule has 1 heterocycles. The highest BCUT2D eigenvalue weighted by molar-refractivity contribution is 5.79. The summed E-state index contributed by atoms with van der Waals surface area (Å²) in [7, 11) is 0. The highest BCUT2D eigenvalue weighted by Crippen LogP contribution is 2.33.